The van der Waals surface area contributed by atoms with E-state index in [-0.39, 0.29) is 0 Å². The third kappa shape index (κ3) is 2.41. The Hall–Kier alpha value is -0.385. The van der Waals surface area contributed by atoms with Gasteiger partial charge in [-0.25, -0.2) is 0 Å². The molecule has 1 aromatic rings. The van der Waals surface area contributed by atoms with Gasteiger partial charge in [0.25, 0.3) is 0 Å². The minimum atomic E-state index is -1.44. The molecule has 0 amide bonds. The molecule has 1 aliphatic rings. The van der Waals surface area contributed by atoms with Crippen LogP contribution in [0, 0.1) is 0 Å². The van der Waals surface area contributed by atoms with E-state index in [9.17, 15) is 0 Å². The summed E-state index contributed by atoms with van der Waals surface area (Å²) in [5.41, 5.74) is 1.49. The molecule has 2 rings (SSSR count). The SMILES string of the molecule is OB(O)c1cnc(C2CCCC2)c(Br)c1. The Morgan fingerprint density at radius 2 is 2.00 bits per heavy atom. The topological polar surface area (TPSA) is 53.4 Å². The van der Waals surface area contributed by atoms with Crippen LogP contribution in [0.3, 0.4) is 0 Å². The summed E-state index contributed by atoms with van der Waals surface area (Å²) in [6.07, 6.45) is 6.45. The molecule has 15 heavy (non-hydrogen) atoms. The van der Waals surface area contributed by atoms with Crippen LogP contribution in [0.4, 0.5) is 0 Å². The number of halogens is 1. The largest absolute Gasteiger partial charge is 0.490 e. The molecule has 1 heterocycles. The second-order valence-corrected chi connectivity index (χ2v) is 4.85. The standard InChI is InChI=1S/C10H13BBrNO2/c12-9-5-8(11(14)15)6-13-10(9)7-3-1-2-4-7/h5-7,14-15H,1-4H2. The van der Waals surface area contributed by atoms with Crippen LogP contribution in [0.15, 0.2) is 16.7 Å². The van der Waals surface area contributed by atoms with E-state index in [2.05, 4.69) is 20.9 Å². The minimum Gasteiger partial charge on any atom is -0.423 e. The van der Waals surface area contributed by atoms with Crippen molar-refractivity contribution in [2.75, 3.05) is 0 Å². The van der Waals surface area contributed by atoms with Gasteiger partial charge in [0.2, 0.25) is 0 Å². The molecular weight excluding hydrogens is 257 g/mol. The number of aromatic nitrogens is 1. The van der Waals surface area contributed by atoms with Crippen LogP contribution in [0.5, 0.6) is 0 Å². The first-order valence-electron chi connectivity index (χ1n) is 5.20. The first-order valence-corrected chi connectivity index (χ1v) is 5.99. The van der Waals surface area contributed by atoms with Crippen molar-refractivity contribution in [3.05, 3.63) is 22.4 Å². The van der Waals surface area contributed by atoms with Crippen molar-refractivity contribution >= 4 is 28.5 Å². The zero-order chi connectivity index (χ0) is 10.8. The molecule has 1 fully saturated rings. The highest BCUT2D eigenvalue weighted by Crippen LogP contribution is 2.35. The maximum atomic E-state index is 9.00. The number of nitrogens with zero attached hydrogens (tertiary/aromatic N) is 1. The second kappa shape index (κ2) is 4.64. The van der Waals surface area contributed by atoms with Crippen LogP contribution in [0.2, 0.25) is 0 Å². The van der Waals surface area contributed by atoms with Crippen LogP contribution < -0.4 is 5.46 Å². The predicted octanol–water partition coefficient (Wildman–Crippen LogP) is 1.18. The monoisotopic (exact) mass is 269 g/mol. The van der Waals surface area contributed by atoms with Crippen molar-refractivity contribution in [3.63, 3.8) is 0 Å². The van der Waals surface area contributed by atoms with E-state index in [0.717, 1.165) is 10.2 Å². The summed E-state index contributed by atoms with van der Waals surface area (Å²) in [6, 6.07) is 1.74. The van der Waals surface area contributed by atoms with E-state index >= 15 is 0 Å². The smallest absolute Gasteiger partial charge is 0.423 e. The van der Waals surface area contributed by atoms with Crippen LogP contribution >= 0.6 is 15.9 Å². The van der Waals surface area contributed by atoms with E-state index in [4.69, 9.17) is 10.0 Å². The lowest BCUT2D eigenvalue weighted by Gasteiger charge is -2.11. The molecule has 0 bridgehead atoms. The third-order valence-corrected chi connectivity index (χ3v) is 3.57. The Kier molecular flexibility index (Phi) is 3.44. The average Bonchev–Trinajstić information content (AvgIpc) is 2.70. The Labute approximate surface area is 97.8 Å². The highest BCUT2D eigenvalue weighted by Gasteiger charge is 2.22. The number of hydrogen-bond acceptors (Lipinski definition) is 3. The third-order valence-electron chi connectivity index (χ3n) is 2.93. The molecule has 0 radical (unpaired) electrons. The van der Waals surface area contributed by atoms with Crippen LogP contribution in [0.25, 0.3) is 0 Å². The Balaban J connectivity index is 2.25. The van der Waals surface area contributed by atoms with E-state index in [1.165, 1.54) is 25.7 Å². The molecule has 0 unspecified atom stereocenters. The fraction of sp³-hybridized carbons (Fsp3) is 0.500. The van der Waals surface area contributed by atoms with E-state index in [1.54, 1.807) is 12.3 Å². The van der Waals surface area contributed by atoms with Crippen LogP contribution in [0.1, 0.15) is 37.3 Å². The van der Waals surface area contributed by atoms with Gasteiger partial charge < -0.3 is 10.0 Å². The molecule has 3 nitrogen and oxygen atoms in total. The predicted molar refractivity (Wildman–Crippen MR) is 63.0 cm³/mol. The fourth-order valence-electron chi connectivity index (χ4n) is 2.10. The van der Waals surface area contributed by atoms with E-state index in [1.807, 2.05) is 0 Å². The molecule has 0 aromatic carbocycles. The van der Waals surface area contributed by atoms with Crippen molar-refractivity contribution in [2.24, 2.45) is 0 Å². The molecule has 0 spiro atoms. The Bertz CT molecular complexity index is 353. The maximum absolute atomic E-state index is 9.00. The summed E-state index contributed by atoms with van der Waals surface area (Å²) in [5, 5.41) is 18.0. The second-order valence-electron chi connectivity index (χ2n) is 3.99. The summed E-state index contributed by atoms with van der Waals surface area (Å²) in [7, 11) is -1.44. The fourth-order valence-corrected chi connectivity index (χ4v) is 2.79. The van der Waals surface area contributed by atoms with Crippen molar-refractivity contribution in [3.8, 4) is 0 Å². The van der Waals surface area contributed by atoms with Gasteiger partial charge in [0.1, 0.15) is 0 Å². The van der Waals surface area contributed by atoms with Crippen molar-refractivity contribution < 1.29 is 10.0 Å². The van der Waals surface area contributed by atoms with Gasteiger partial charge in [-0.1, -0.05) is 12.8 Å². The zero-order valence-corrected chi connectivity index (χ0v) is 9.94. The maximum Gasteiger partial charge on any atom is 0.490 e. The molecular formula is C10H13BBrNO2. The molecule has 2 N–H and O–H groups in total. The molecule has 0 saturated heterocycles. The van der Waals surface area contributed by atoms with Crippen molar-refractivity contribution in [2.45, 2.75) is 31.6 Å². The van der Waals surface area contributed by atoms with Gasteiger partial charge in [0.15, 0.2) is 0 Å². The van der Waals surface area contributed by atoms with Gasteiger partial charge >= 0.3 is 7.12 Å². The Morgan fingerprint density at radius 3 is 2.53 bits per heavy atom. The highest BCUT2D eigenvalue weighted by molar-refractivity contribution is 9.10. The van der Waals surface area contributed by atoms with E-state index < -0.39 is 7.12 Å². The molecule has 1 saturated carbocycles. The van der Waals surface area contributed by atoms with Crippen LogP contribution in [-0.4, -0.2) is 22.2 Å². The highest BCUT2D eigenvalue weighted by atomic mass is 79.9. The van der Waals surface area contributed by atoms with Gasteiger partial charge in [0, 0.05) is 22.1 Å². The molecule has 1 aromatic heterocycles. The lowest BCUT2D eigenvalue weighted by Crippen LogP contribution is -2.30. The van der Waals surface area contributed by atoms with Crippen molar-refractivity contribution in [1.29, 1.82) is 0 Å². The molecule has 1 aliphatic carbocycles. The zero-order valence-electron chi connectivity index (χ0n) is 8.36. The Morgan fingerprint density at radius 1 is 1.33 bits per heavy atom. The first-order chi connectivity index (χ1) is 7.18. The van der Waals surface area contributed by atoms with Gasteiger partial charge in [-0.15, -0.1) is 0 Å². The minimum absolute atomic E-state index is 0.434. The first kappa shape index (κ1) is 11.1. The number of pyridine rings is 1. The summed E-state index contributed by atoms with van der Waals surface area (Å²) in [4.78, 5) is 4.31. The molecule has 80 valence electrons. The van der Waals surface area contributed by atoms with Gasteiger partial charge in [0.05, 0.1) is 5.69 Å². The normalized spacial score (nSPS) is 17.0. The van der Waals surface area contributed by atoms with Crippen LogP contribution in [-0.2, 0) is 0 Å². The number of hydrogen-bond donors (Lipinski definition) is 2. The van der Waals surface area contributed by atoms with Gasteiger partial charge in [-0.3, -0.25) is 4.98 Å². The van der Waals surface area contributed by atoms with Gasteiger partial charge in [-0.05, 0) is 34.8 Å². The molecule has 5 heteroatoms. The molecule has 0 atom stereocenters. The molecule has 0 aliphatic heterocycles. The van der Waals surface area contributed by atoms with E-state index in [0.29, 0.717) is 11.4 Å². The lowest BCUT2D eigenvalue weighted by molar-refractivity contribution is 0.425. The summed E-state index contributed by atoms with van der Waals surface area (Å²) in [5.74, 6) is 0.532. The number of rotatable bonds is 2. The van der Waals surface area contributed by atoms with Crippen molar-refractivity contribution in [1.82, 2.24) is 4.98 Å². The van der Waals surface area contributed by atoms with Gasteiger partial charge in [-0.2, -0.15) is 0 Å². The summed E-state index contributed by atoms with van der Waals surface area (Å²) < 4.78 is 0.889. The lowest BCUT2D eigenvalue weighted by atomic mass is 9.81. The summed E-state index contributed by atoms with van der Waals surface area (Å²) >= 11 is 3.44. The average molecular weight is 270 g/mol. The summed E-state index contributed by atoms with van der Waals surface area (Å²) in [6.45, 7) is 0. The quantitative estimate of drug-likeness (QED) is 0.793.